The Bertz CT molecular complexity index is 476. The van der Waals surface area contributed by atoms with Gasteiger partial charge in [0.15, 0.2) is 0 Å². The number of nitrogens with one attached hydrogen (secondary N) is 1. The van der Waals surface area contributed by atoms with Crippen molar-refractivity contribution >= 4 is 6.09 Å². The zero-order chi connectivity index (χ0) is 16.7. The van der Waals surface area contributed by atoms with Crippen LogP contribution >= 0.6 is 0 Å². The largest absolute Gasteiger partial charge is 0.444 e. The first-order valence-corrected chi connectivity index (χ1v) is 8.70. The van der Waals surface area contributed by atoms with E-state index in [1.165, 1.54) is 5.56 Å². The SMILES string of the molecule is CC(C)(C)OC(=O)N(CCCc1ccccc1)C1CCNCC1. The van der Waals surface area contributed by atoms with E-state index in [1.807, 2.05) is 31.7 Å². The molecule has 1 heterocycles. The average Bonchev–Trinajstić information content (AvgIpc) is 2.51. The maximum absolute atomic E-state index is 12.6. The lowest BCUT2D eigenvalue weighted by Crippen LogP contribution is -2.48. The van der Waals surface area contributed by atoms with Gasteiger partial charge in [0.05, 0.1) is 0 Å². The van der Waals surface area contributed by atoms with Crippen LogP contribution in [-0.2, 0) is 11.2 Å². The molecule has 1 saturated heterocycles. The van der Waals surface area contributed by atoms with Crippen molar-refractivity contribution in [3.63, 3.8) is 0 Å². The van der Waals surface area contributed by atoms with Gasteiger partial charge in [-0.15, -0.1) is 0 Å². The third kappa shape index (κ3) is 6.22. The first-order chi connectivity index (χ1) is 11.0. The van der Waals surface area contributed by atoms with Crippen LogP contribution in [0, 0.1) is 0 Å². The number of nitrogens with zero attached hydrogens (tertiary/aromatic N) is 1. The Morgan fingerprint density at radius 3 is 2.48 bits per heavy atom. The van der Waals surface area contributed by atoms with Crippen LogP contribution in [-0.4, -0.2) is 42.3 Å². The van der Waals surface area contributed by atoms with E-state index in [4.69, 9.17) is 4.74 Å². The van der Waals surface area contributed by atoms with Crippen molar-refractivity contribution < 1.29 is 9.53 Å². The van der Waals surface area contributed by atoms with Gasteiger partial charge in [0, 0.05) is 12.6 Å². The van der Waals surface area contributed by atoms with Crippen LogP contribution in [0.2, 0.25) is 0 Å². The third-order valence-electron chi connectivity index (χ3n) is 4.08. The smallest absolute Gasteiger partial charge is 0.410 e. The molecule has 0 atom stereocenters. The fourth-order valence-corrected chi connectivity index (χ4v) is 2.96. The molecule has 4 nitrogen and oxygen atoms in total. The van der Waals surface area contributed by atoms with Gasteiger partial charge < -0.3 is 15.0 Å². The molecule has 2 rings (SSSR count). The van der Waals surface area contributed by atoms with Gasteiger partial charge in [-0.1, -0.05) is 30.3 Å². The first-order valence-electron chi connectivity index (χ1n) is 8.70. The molecule has 1 aromatic rings. The predicted octanol–water partition coefficient (Wildman–Crippen LogP) is 3.61. The van der Waals surface area contributed by atoms with Crippen LogP contribution in [0.25, 0.3) is 0 Å². The lowest BCUT2D eigenvalue weighted by atomic mass is 10.0. The van der Waals surface area contributed by atoms with Gasteiger partial charge in [-0.25, -0.2) is 4.79 Å². The van der Waals surface area contributed by atoms with Gasteiger partial charge in [0.2, 0.25) is 0 Å². The maximum Gasteiger partial charge on any atom is 0.410 e. The molecule has 0 unspecified atom stereocenters. The number of hydrogen-bond acceptors (Lipinski definition) is 3. The van der Waals surface area contributed by atoms with E-state index in [1.54, 1.807) is 0 Å². The van der Waals surface area contributed by atoms with Crippen LogP contribution < -0.4 is 5.32 Å². The van der Waals surface area contributed by atoms with Crippen molar-refractivity contribution in [3.05, 3.63) is 35.9 Å². The molecule has 128 valence electrons. The topological polar surface area (TPSA) is 41.6 Å². The molecular weight excluding hydrogens is 288 g/mol. The molecule has 1 amide bonds. The maximum atomic E-state index is 12.6. The highest BCUT2D eigenvalue weighted by Crippen LogP contribution is 2.18. The molecule has 23 heavy (non-hydrogen) atoms. The molecule has 4 heteroatoms. The van der Waals surface area contributed by atoms with E-state index in [0.29, 0.717) is 6.04 Å². The van der Waals surface area contributed by atoms with E-state index in [9.17, 15) is 4.79 Å². The summed E-state index contributed by atoms with van der Waals surface area (Å²) in [4.78, 5) is 14.5. The van der Waals surface area contributed by atoms with Crippen LogP contribution in [0.3, 0.4) is 0 Å². The van der Waals surface area contributed by atoms with E-state index in [-0.39, 0.29) is 6.09 Å². The van der Waals surface area contributed by atoms with Crippen LogP contribution in [0.15, 0.2) is 30.3 Å². The molecule has 1 aliphatic heterocycles. The summed E-state index contributed by atoms with van der Waals surface area (Å²) in [5.41, 5.74) is 0.878. The Kier molecular flexibility index (Phi) is 6.46. The second-order valence-electron chi connectivity index (χ2n) is 7.24. The summed E-state index contributed by atoms with van der Waals surface area (Å²) in [6.07, 6.45) is 3.80. The zero-order valence-corrected chi connectivity index (χ0v) is 14.7. The Morgan fingerprint density at radius 2 is 1.87 bits per heavy atom. The van der Waals surface area contributed by atoms with Crippen LogP contribution in [0.4, 0.5) is 4.79 Å². The Morgan fingerprint density at radius 1 is 1.22 bits per heavy atom. The molecule has 1 N–H and O–H groups in total. The van der Waals surface area contributed by atoms with Crippen LogP contribution in [0.1, 0.15) is 45.6 Å². The summed E-state index contributed by atoms with van der Waals surface area (Å²) >= 11 is 0. The monoisotopic (exact) mass is 318 g/mol. The average molecular weight is 318 g/mol. The summed E-state index contributed by atoms with van der Waals surface area (Å²) in [5.74, 6) is 0. The van der Waals surface area contributed by atoms with Gasteiger partial charge in [0.1, 0.15) is 5.60 Å². The number of benzene rings is 1. The third-order valence-corrected chi connectivity index (χ3v) is 4.08. The quantitative estimate of drug-likeness (QED) is 0.902. The minimum Gasteiger partial charge on any atom is -0.444 e. The van der Waals surface area contributed by atoms with Crippen molar-refractivity contribution in [1.29, 1.82) is 0 Å². The van der Waals surface area contributed by atoms with E-state index < -0.39 is 5.60 Å². The van der Waals surface area contributed by atoms with E-state index in [0.717, 1.165) is 45.3 Å². The molecule has 0 bridgehead atoms. The molecule has 0 aliphatic carbocycles. The summed E-state index contributed by atoms with van der Waals surface area (Å²) in [5, 5.41) is 3.36. The number of hydrogen-bond donors (Lipinski definition) is 1. The minimum absolute atomic E-state index is 0.169. The molecule has 1 fully saturated rings. The van der Waals surface area contributed by atoms with E-state index in [2.05, 4.69) is 29.6 Å². The van der Waals surface area contributed by atoms with Gasteiger partial charge in [-0.2, -0.15) is 0 Å². The second kappa shape index (κ2) is 8.34. The molecule has 0 radical (unpaired) electrons. The van der Waals surface area contributed by atoms with E-state index >= 15 is 0 Å². The normalized spacial score (nSPS) is 16.1. The fraction of sp³-hybridized carbons (Fsp3) is 0.632. The molecule has 1 aromatic carbocycles. The number of amides is 1. The number of rotatable bonds is 5. The summed E-state index contributed by atoms with van der Waals surface area (Å²) < 4.78 is 5.62. The second-order valence-corrected chi connectivity index (χ2v) is 7.24. The zero-order valence-electron chi connectivity index (χ0n) is 14.7. The highest BCUT2D eigenvalue weighted by molar-refractivity contribution is 5.68. The van der Waals surface area contributed by atoms with Crippen molar-refractivity contribution in [2.75, 3.05) is 19.6 Å². The van der Waals surface area contributed by atoms with Crippen molar-refractivity contribution in [1.82, 2.24) is 10.2 Å². The Labute approximate surface area is 140 Å². The number of carbonyl (C=O) groups is 1. The van der Waals surface area contributed by atoms with Crippen molar-refractivity contribution in [2.24, 2.45) is 0 Å². The number of piperidine rings is 1. The molecule has 0 saturated carbocycles. The summed E-state index contributed by atoms with van der Waals surface area (Å²) in [7, 11) is 0. The highest BCUT2D eigenvalue weighted by Gasteiger charge is 2.28. The lowest BCUT2D eigenvalue weighted by molar-refractivity contribution is 0.0127. The first kappa shape index (κ1) is 17.8. The van der Waals surface area contributed by atoms with Gasteiger partial charge in [0.25, 0.3) is 0 Å². The van der Waals surface area contributed by atoms with Crippen molar-refractivity contribution in [2.45, 2.75) is 58.1 Å². The number of carbonyl (C=O) groups excluding carboxylic acids is 1. The Hall–Kier alpha value is -1.55. The molecule has 0 spiro atoms. The molecular formula is C19H30N2O2. The standard InChI is InChI=1S/C19H30N2O2/c1-19(2,3)23-18(22)21(17-11-13-20-14-12-17)15-7-10-16-8-5-4-6-9-16/h4-6,8-9,17,20H,7,10-15H2,1-3H3. The van der Waals surface area contributed by atoms with Gasteiger partial charge in [-0.05, 0) is 65.1 Å². The Balaban J connectivity index is 1.93. The molecule has 1 aliphatic rings. The predicted molar refractivity (Wildman–Crippen MR) is 93.6 cm³/mol. The van der Waals surface area contributed by atoms with Crippen molar-refractivity contribution in [3.8, 4) is 0 Å². The molecule has 0 aromatic heterocycles. The summed E-state index contributed by atoms with van der Waals surface area (Å²) in [6, 6.07) is 10.7. The number of aryl methyl sites for hydroxylation is 1. The lowest BCUT2D eigenvalue weighted by Gasteiger charge is -2.36. The summed E-state index contributed by atoms with van der Waals surface area (Å²) in [6.45, 7) is 8.49. The van der Waals surface area contributed by atoms with Crippen LogP contribution in [0.5, 0.6) is 0 Å². The number of ether oxygens (including phenoxy) is 1. The van der Waals surface area contributed by atoms with Gasteiger partial charge >= 0.3 is 6.09 Å². The minimum atomic E-state index is -0.443. The highest BCUT2D eigenvalue weighted by atomic mass is 16.6. The fourth-order valence-electron chi connectivity index (χ4n) is 2.96. The van der Waals surface area contributed by atoms with Gasteiger partial charge in [-0.3, -0.25) is 0 Å².